The number of methoxy groups -OCH3 is 1. The molecule has 22 heavy (non-hydrogen) atoms. The van der Waals surface area contributed by atoms with Gasteiger partial charge in [-0.15, -0.1) is 0 Å². The van der Waals surface area contributed by atoms with E-state index in [-0.39, 0.29) is 5.97 Å². The lowest BCUT2D eigenvalue weighted by atomic mass is 10.0. The number of hydrogen-bond acceptors (Lipinski definition) is 6. The fourth-order valence-corrected chi connectivity index (χ4v) is 2.86. The molecule has 0 saturated carbocycles. The van der Waals surface area contributed by atoms with Crippen molar-refractivity contribution < 1.29 is 9.53 Å². The summed E-state index contributed by atoms with van der Waals surface area (Å²) in [6.45, 7) is 2.00. The van der Waals surface area contributed by atoms with Crippen LogP contribution in [0.1, 0.15) is 12.0 Å². The molecule has 2 rings (SSSR count). The number of fused-ring (bicyclic) bond motifs is 1. The van der Waals surface area contributed by atoms with Crippen molar-refractivity contribution in [2.45, 2.75) is 19.4 Å². The van der Waals surface area contributed by atoms with Gasteiger partial charge in [0.05, 0.1) is 7.11 Å². The molecule has 0 aliphatic rings. The van der Waals surface area contributed by atoms with Crippen molar-refractivity contribution in [3.8, 4) is 0 Å². The average Bonchev–Trinajstić information content (AvgIpc) is 2.54. The zero-order valence-corrected chi connectivity index (χ0v) is 13.9. The van der Waals surface area contributed by atoms with Crippen LogP contribution in [-0.2, 0) is 9.53 Å². The van der Waals surface area contributed by atoms with Crippen LogP contribution in [0.2, 0.25) is 0 Å². The van der Waals surface area contributed by atoms with Gasteiger partial charge in [0.2, 0.25) is 0 Å². The predicted molar refractivity (Wildman–Crippen MR) is 93.3 cm³/mol. The van der Waals surface area contributed by atoms with E-state index in [1.54, 1.807) is 18.0 Å². The Labute approximate surface area is 134 Å². The number of nitrogens with two attached hydrogens (primary N) is 1. The third-order valence-corrected chi connectivity index (χ3v) is 4.22. The van der Waals surface area contributed by atoms with Crippen molar-refractivity contribution in [3.05, 3.63) is 30.0 Å². The van der Waals surface area contributed by atoms with E-state index in [0.717, 1.165) is 22.1 Å². The lowest BCUT2D eigenvalue weighted by Crippen LogP contribution is -2.31. The standard InChI is InChI=1S/C16H21N3O2S/c1-10-4-5-12(17)11-6-8-18-15(14(10)11)19-13(7-9-22-3)16(20)21-2/h4-6,8,13H,7,9,17H2,1-3H3,(H,18,19). The van der Waals surface area contributed by atoms with Crippen molar-refractivity contribution in [1.82, 2.24) is 4.98 Å². The molecule has 1 atom stereocenters. The first kappa shape index (κ1) is 16.4. The number of aromatic nitrogens is 1. The van der Waals surface area contributed by atoms with Gasteiger partial charge in [-0.2, -0.15) is 11.8 Å². The summed E-state index contributed by atoms with van der Waals surface area (Å²) >= 11 is 1.69. The van der Waals surface area contributed by atoms with Gasteiger partial charge in [-0.25, -0.2) is 9.78 Å². The molecule has 0 aliphatic carbocycles. The number of hydrogen-bond donors (Lipinski definition) is 2. The molecule has 3 N–H and O–H groups in total. The van der Waals surface area contributed by atoms with Gasteiger partial charge in [-0.3, -0.25) is 0 Å². The molecule has 1 aromatic carbocycles. The van der Waals surface area contributed by atoms with Crippen LogP contribution >= 0.6 is 11.8 Å². The summed E-state index contributed by atoms with van der Waals surface area (Å²) in [6.07, 6.45) is 4.38. The molecule has 0 aliphatic heterocycles. The second-order valence-corrected chi connectivity index (χ2v) is 6.04. The van der Waals surface area contributed by atoms with E-state index in [1.165, 1.54) is 7.11 Å². The third-order valence-electron chi connectivity index (χ3n) is 3.58. The molecule has 6 heteroatoms. The minimum atomic E-state index is -0.420. The molecule has 118 valence electrons. The van der Waals surface area contributed by atoms with Crippen LogP contribution in [0.25, 0.3) is 10.8 Å². The van der Waals surface area contributed by atoms with E-state index in [2.05, 4.69) is 10.3 Å². The highest BCUT2D eigenvalue weighted by molar-refractivity contribution is 7.98. The Kier molecular flexibility index (Phi) is 5.49. The van der Waals surface area contributed by atoms with Crippen LogP contribution in [0.3, 0.4) is 0 Å². The molecule has 0 saturated heterocycles. The van der Waals surface area contributed by atoms with Crippen molar-refractivity contribution in [3.63, 3.8) is 0 Å². The Bertz CT molecular complexity index is 676. The third kappa shape index (κ3) is 3.44. The molecule has 2 aromatic rings. The Hall–Kier alpha value is -1.95. The van der Waals surface area contributed by atoms with Gasteiger partial charge >= 0.3 is 5.97 Å². The van der Waals surface area contributed by atoms with Crippen molar-refractivity contribution in [1.29, 1.82) is 0 Å². The van der Waals surface area contributed by atoms with Crippen molar-refractivity contribution in [2.75, 3.05) is 30.2 Å². The van der Waals surface area contributed by atoms with E-state index in [9.17, 15) is 4.79 Å². The highest BCUT2D eigenvalue weighted by Gasteiger charge is 2.20. The number of carbonyl (C=O) groups excluding carboxylic acids is 1. The molecular weight excluding hydrogens is 298 g/mol. The number of ether oxygens (including phenoxy) is 1. The molecule has 1 heterocycles. The Balaban J connectivity index is 2.41. The summed E-state index contributed by atoms with van der Waals surface area (Å²) in [7, 11) is 1.40. The number of nitrogens with one attached hydrogen (secondary N) is 1. The van der Waals surface area contributed by atoms with Crippen molar-refractivity contribution >= 4 is 40.0 Å². The molecule has 0 spiro atoms. The monoisotopic (exact) mass is 319 g/mol. The normalized spacial score (nSPS) is 12.1. The molecule has 0 bridgehead atoms. The first-order chi connectivity index (χ1) is 10.6. The van der Waals surface area contributed by atoms with Gasteiger partial charge < -0.3 is 15.8 Å². The van der Waals surface area contributed by atoms with E-state index in [0.29, 0.717) is 17.9 Å². The topological polar surface area (TPSA) is 77.2 Å². The number of carbonyl (C=O) groups is 1. The largest absolute Gasteiger partial charge is 0.467 e. The van der Waals surface area contributed by atoms with Gasteiger partial charge in [0.25, 0.3) is 0 Å². The number of anilines is 2. The van der Waals surface area contributed by atoms with Gasteiger partial charge in [0, 0.05) is 22.7 Å². The van der Waals surface area contributed by atoms with Crippen molar-refractivity contribution in [2.24, 2.45) is 0 Å². The average molecular weight is 319 g/mol. The Morgan fingerprint density at radius 3 is 2.91 bits per heavy atom. The molecule has 1 unspecified atom stereocenters. The lowest BCUT2D eigenvalue weighted by molar-refractivity contribution is -0.141. The number of benzene rings is 1. The first-order valence-electron chi connectivity index (χ1n) is 7.05. The molecule has 0 fully saturated rings. The minimum absolute atomic E-state index is 0.283. The van der Waals surface area contributed by atoms with E-state index >= 15 is 0 Å². The van der Waals surface area contributed by atoms with Crippen LogP contribution < -0.4 is 11.1 Å². The number of nitrogens with zero attached hydrogens (tertiary/aromatic N) is 1. The lowest BCUT2D eigenvalue weighted by Gasteiger charge is -2.19. The number of pyridine rings is 1. The summed E-state index contributed by atoms with van der Waals surface area (Å²) < 4.78 is 4.88. The highest BCUT2D eigenvalue weighted by Crippen LogP contribution is 2.29. The maximum atomic E-state index is 12.0. The van der Waals surface area contributed by atoms with Gasteiger partial charge in [0.15, 0.2) is 0 Å². The molecule has 0 amide bonds. The number of aryl methyl sites for hydroxylation is 1. The number of rotatable bonds is 6. The number of esters is 1. The van der Waals surface area contributed by atoms with E-state index in [1.807, 2.05) is 31.4 Å². The van der Waals surface area contributed by atoms with E-state index in [4.69, 9.17) is 10.5 Å². The van der Waals surface area contributed by atoms with Crippen LogP contribution in [-0.4, -0.2) is 36.1 Å². The minimum Gasteiger partial charge on any atom is -0.467 e. The van der Waals surface area contributed by atoms with E-state index < -0.39 is 6.04 Å². The summed E-state index contributed by atoms with van der Waals surface area (Å²) in [6, 6.07) is 5.31. The quantitative estimate of drug-likeness (QED) is 0.630. The summed E-state index contributed by atoms with van der Waals surface area (Å²) in [5.41, 5.74) is 7.80. The first-order valence-corrected chi connectivity index (χ1v) is 8.45. The molecule has 5 nitrogen and oxygen atoms in total. The smallest absolute Gasteiger partial charge is 0.328 e. The van der Waals surface area contributed by atoms with Gasteiger partial charge in [0.1, 0.15) is 11.9 Å². The summed E-state index contributed by atoms with van der Waals surface area (Å²) in [4.78, 5) is 16.4. The molecule has 0 radical (unpaired) electrons. The second-order valence-electron chi connectivity index (χ2n) is 5.06. The zero-order chi connectivity index (χ0) is 16.1. The highest BCUT2D eigenvalue weighted by atomic mass is 32.2. The van der Waals surface area contributed by atoms with Gasteiger partial charge in [-0.05, 0) is 43.0 Å². The Morgan fingerprint density at radius 1 is 1.45 bits per heavy atom. The van der Waals surface area contributed by atoms with Crippen LogP contribution in [0.4, 0.5) is 11.5 Å². The Morgan fingerprint density at radius 2 is 2.23 bits per heavy atom. The second kappa shape index (κ2) is 7.35. The SMILES string of the molecule is COC(=O)C(CCSC)Nc1nccc2c(N)ccc(C)c12. The van der Waals surface area contributed by atoms with Crippen LogP contribution in [0.15, 0.2) is 24.4 Å². The number of nitrogen functional groups attached to an aromatic ring is 1. The zero-order valence-electron chi connectivity index (χ0n) is 13.1. The fraction of sp³-hybridized carbons (Fsp3) is 0.375. The predicted octanol–water partition coefficient (Wildman–Crippen LogP) is 2.83. The van der Waals surface area contributed by atoms with Crippen LogP contribution in [0.5, 0.6) is 0 Å². The number of thioether (sulfide) groups is 1. The summed E-state index contributed by atoms with van der Waals surface area (Å²) in [5.74, 6) is 1.24. The fourth-order valence-electron chi connectivity index (χ4n) is 2.39. The molecular formula is C16H21N3O2S. The maximum Gasteiger partial charge on any atom is 0.328 e. The molecule has 1 aromatic heterocycles. The van der Waals surface area contributed by atoms with Gasteiger partial charge in [-0.1, -0.05) is 6.07 Å². The maximum absolute atomic E-state index is 12.0. The van der Waals surface area contributed by atoms with Crippen LogP contribution in [0, 0.1) is 6.92 Å². The summed E-state index contributed by atoms with van der Waals surface area (Å²) in [5, 5.41) is 5.10.